The summed E-state index contributed by atoms with van der Waals surface area (Å²) in [6, 6.07) is 0. The average Bonchev–Trinajstić information content (AvgIpc) is 2.85. The number of unbranched alkanes of at least 4 members (excludes halogenated alkanes) is 3. The van der Waals surface area contributed by atoms with Crippen LogP contribution < -0.4 is 16.0 Å². The van der Waals surface area contributed by atoms with E-state index in [-0.39, 0.29) is 28.7 Å². The van der Waals surface area contributed by atoms with Gasteiger partial charge in [0.1, 0.15) is 0 Å². The van der Waals surface area contributed by atoms with Gasteiger partial charge >= 0.3 is 0 Å². The number of carbonyl (C=O) groups is 3. The first-order valence-corrected chi connectivity index (χ1v) is 14.0. The second kappa shape index (κ2) is 17.7. The van der Waals surface area contributed by atoms with Crippen molar-refractivity contribution in [3.8, 4) is 0 Å². The molecule has 36 heavy (non-hydrogen) atoms. The summed E-state index contributed by atoms with van der Waals surface area (Å²) in [4.78, 5) is 36.4. The van der Waals surface area contributed by atoms with Crippen LogP contribution in [-0.2, 0) is 23.9 Å². The standard InChI is InChI=1S/C28H55N3O5/c1-9-27(7,10-2)25(34)30-20-22-36-26(5,6)35-21-19-29-23(32)17-15-13-14-16-18-24(33)31-28(8,11-3)12-4/h9-22H2,1-8H3,(H,29,32)(H,30,34)(H,31,33). The van der Waals surface area contributed by atoms with Crippen molar-refractivity contribution in [1.82, 2.24) is 16.0 Å². The smallest absolute Gasteiger partial charge is 0.225 e. The molecule has 0 saturated heterocycles. The summed E-state index contributed by atoms with van der Waals surface area (Å²) in [7, 11) is 0. The average molecular weight is 514 g/mol. The molecule has 0 saturated carbocycles. The zero-order valence-corrected chi connectivity index (χ0v) is 24.4. The number of ether oxygens (including phenoxy) is 2. The summed E-state index contributed by atoms with van der Waals surface area (Å²) in [5, 5.41) is 8.94. The van der Waals surface area contributed by atoms with Crippen LogP contribution in [0.15, 0.2) is 0 Å². The normalized spacial score (nSPS) is 12.3. The fourth-order valence-corrected chi connectivity index (χ4v) is 3.61. The predicted molar refractivity (Wildman–Crippen MR) is 146 cm³/mol. The van der Waals surface area contributed by atoms with Crippen molar-refractivity contribution in [2.75, 3.05) is 26.3 Å². The highest BCUT2D eigenvalue weighted by molar-refractivity contribution is 5.82. The Bertz CT molecular complexity index is 643. The molecule has 0 aliphatic heterocycles. The molecule has 0 bridgehead atoms. The third-order valence-corrected chi connectivity index (χ3v) is 7.38. The maximum atomic E-state index is 12.3. The molecule has 0 fully saturated rings. The minimum absolute atomic E-state index is 0.00864. The van der Waals surface area contributed by atoms with Gasteiger partial charge in [0, 0.05) is 36.9 Å². The number of carbonyl (C=O) groups excluding carboxylic acids is 3. The van der Waals surface area contributed by atoms with Crippen molar-refractivity contribution < 1.29 is 23.9 Å². The molecule has 0 spiro atoms. The molecule has 8 heteroatoms. The van der Waals surface area contributed by atoms with E-state index >= 15 is 0 Å². The van der Waals surface area contributed by atoms with E-state index in [0.29, 0.717) is 39.1 Å². The van der Waals surface area contributed by atoms with Gasteiger partial charge in [-0.05, 0) is 59.3 Å². The van der Waals surface area contributed by atoms with Crippen molar-refractivity contribution >= 4 is 17.7 Å². The quantitative estimate of drug-likeness (QED) is 0.150. The number of hydrogen-bond acceptors (Lipinski definition) is 5. The Morgan fingerprint density at radius 2 is 1.11 bits per heavy atom. The minimum atomic E-state index is -0.799. The molecule has 0 aliphatic rings. The zero-order chi connectivity index (χ0) is 27.7. The van der Waals surface area contributed by atoms with E-state index in [9.17, 15) is 14.4 Å². The largest absolute Gasteiger partial charge is 0.354 e. The van der Waals surface area contributed by atoms with Gasteiger partial charge in [-0.1, -0.05) is 47.5 Å². The van der Waals surface area contributed by atoms with Crippen LogP contribution in [0.4, 0.5) is 0 Å². The van der Waals surface area contributed by atoms with Gasteiger partial charge in [-0.3, -0.25) is 14.4 Å². The molecule has 0 radical (unpaired) electrons. The zero-order valence-electron chi connectivity index (χ0n) is 24.4. The highest BCUT2D eigenvalue weighted by atomic mass is 16.7. The van der Waals surface area contributed by atoms with Crippen LogP contribution in [0.1, 0.15) is 120 Å². The van der Waals surface area contributed by atoms with E-state index in [1.807, 2.05) is 34.6 Å². The fraction of sp³-hybridized carbons (Fsp3) is 0.893. The van der Waals surface area contributed by atoms with Crippen molar-refractivity contribution in [2.45, 2.75) is 131 Å². The maximum absolute atomic E-state index is 12.3. The fourth-order valence-electron chi connectivity index (χ4n) is 3.61. The second-order valence-corrected chi connectivity index (χ2v) is 10.7. The molecule has 0 aromatic carbocycles. The summed E-state index contributed by atoms with van der Waals surface area (Å²) in [5.74, 6) is -0.623. The Morgan fingerprint density at radius 1 is 0.639 bits per heavy atom. The third kappa shape index (κ3) is 14.8. The van der Waals surface area contributed by atoms with E-state index in [4.69, 9.17) is 9.47 Å². The van der Waals surface area contributed by atoms with Crippen LogP contribution in [-0.4, -0.2) is 55.4 Å². The van der Waals surface area contributed by atoms with Crippen molar-refractivity contribution in [3.63, 3.8) is 0 Å². The van der Waals surface area contributed by atoms with Gasteiger partial charge in [-0.25, -0.2) is 0 Å². The van der Waals surface area contributed by atoms with Crippen molar-refractivity contribution in [3.05, 3.63) is 0 Å². The molecule has 3 amide bonds. The van der Waals surface area contributed by atoms with E-state index in [1.165, 1.54) is 0 Å². The molecule has 0 aliphatic carbocycles. The third-order valence-electron chi connectivity index (χ3n) is 7.38. The van der Waals surface area contributed by atoms with Gasteiger partial charge in [0.05, 0.1) is 13.2 Å². The summed E-state index contributed by atoms with van der Waals surface area (Å²) in [5.41, 5.74) is -0.449. The van der Waals surface area contributed by atoms with Crippen molar-refractivity contribution in [2.24, 2.45) is 5.41 Å². The summed E-state index contributed by atoms with van der Waals surface area (Å²) < 4.78 is 11.5. The lowest BCUT2D eigenvalue weighted by atomic mass is 9.84. The molecule has 0 aromatic heterocycles. The Labute approximate surface area is 220 Å². The lowest BCUT2D eigenvalue weighted by Crippen LogP contribution is -2.44. The van der Waals surface area contributed by atoms with Crippen LogP contribution >= 0.6 is 0 Å². The first kappa shape index (κ1) is 34.3. The van der Waals surface area contributed by atoms with E-state index in [1.54, 1.807) is 0 Å². The molecule has 0 rings (SSSR count). The van der Waals surface area contributed by atoms with Gasteiger partial charge in [-0.2, -0.15) is 0 Å². The molecule has 0 unspecified atom stereocenters. The summed E-state index contributed by atoms with van der Waals surface area (Å²) >= 11 is 0. The highest BCUT2D eigenvalue weighted by Gasteiger charge is 2.29. The van der Waals surface area contributed by atoms with E-state index in [0.717, 1.165) is 51.4 Å². The van der Waals surface area contributed by atoms with E-state index < -0.39 is 5.79 Å². The minimum Gasteiger partial charge on any atom is -0.354 e. The lowest BCUT2D eigenvalue weighted by molar-refractivity contribution is -0.211. The van der Waals surface area contributed by atoms with Crippen LogP contribution in [0.25, 0.3) is 0 Å². The first-order valence-electron chi connectivity index (χ1n) is 14.0. The Kier molecular flexibility index (Phi) is 16.9. The molecule has 8 nitrogen and oxygen atoms in total. The van der Waals surface area contributed by atoms with Crippen molar-refractivity contribution in [1.29, 1.82) is 0 Å². The topological polar surface area (TPSA) is 106 Å². The highest BCUT2D eigenvalue weighted by Crippen LogP contribution is 2.25. The molecule has 0 aromatic rings. The molecular formula is C28H55N3O5. The van der Waals surface area contributed by atoms with Gasteiger partial charge in [0.25, 0.3) is 0 Å². The molecular weight excluding hydrogens is 458 g/mol. The molecule has 3 N–H and O–H groups in total. The molecule has 212 valence electrons. The van der Waals surface area contributed by atoms with Gasteiger partial charge < -0.3 is 25.4 Å². The van der Waals surface area contributed by atoms with Crippen LogP contribution in [0.2, 0.25) is 0 Å². The number of rotatable bonds is 21. The Morgan fingerprint density at radius 3 is 1.58 bits per heavy atom. The number of nitrogens with one attached hydrogen (secondary N) is 3. The molecule has 0 heterocycles. The predicted octanol–water partition coefficient (Wildman–Crippen LogP) is 4.85. The maximum Gasteiger partial charge on any atom is 0.225 e. The van der Waals surface area contributed by atoms with Gasteiger partial charge in [-0.15, -0.1) is 0 Å². The second-order valence-electron chi connectivity index (χ2n) is 10.7. The Balaban J connectivity index is 3.85. The van der Waals surface area contributed by atoms with Crippen LogP contribution in [0.3, 0.4) is 0 Å². The SMILES string of the molecule is CCC(C)(CC)NC(=O)CCCCCCC(=O)NCCOC(C)(C)OCCNC(=O)C(C)(CC)CC. The Hall–Kier alpha value is -1.67. The molecule has 0 atom stereocenters. The monoisotopic (exact) mass is 513 g/mol. The van der Waals surface area contributed by atoms with Crippen LogP contribution in [0, 0.1) is 5.41 Å². The van der Waals surface area contributed by atoms with Gasteiger partial charge in [0.15, 0.2) is 5.79 Å². The number of hydrogen-bond donors (Lipinski definition) is 3. The first-order chi connectivity index (χ1) is 16.9. The lowest BCUT2D eigenvalue weighted by Gasteiger charge is -2.28. The van der Waals surface area contributed by atoms with E-state index in [2.05, 4.69) is 36.7 Å². The number of amides is 3. The van der Waals surface area contributed by atoms with Crippen LogP contribution in [0.5, 0.6) is 0 Å². The van der Waals surface area contributed by atoms with Gasteiger partial charge in [0.2, 0.25) is 17.7 Å². The summed E-state index contributed by atoms with van der Waals surface area (Å²) in [6.45, 7) is 17.5. The summed E-state index contributed by atoms with van der Waals surface area (Å²) in [6.07, 6.45) is 8.01.